The number of carbonyl (C=O) groups is 1. The number of aliphatic hydroxyl groups excluding tert-OH is 1. The van der Waals surface area contributed by atoms with E-state index >= 15 is 0 Å². The van der Waals surface area contributed by atoms with E-state index in [2.05, 4.69) is 89.9 Å². The van der Waals surface area contributed by atoms with Gasteiger partial charge in [0.25, 0.3) is 0 Å². The first-order valence-electron chi connectivity index (χ1n) is 17.5. The lowest BCUT2D eigenvalue weighted by Crippen LogP contribution is -2.39. The zero-order chi connectivity index (χ0) is 35.9. The van der Waals surface area contributed by atoms with Gasteiger partial charge in [0, 0.05) is 18.5 Å². The second-order valence-electron chi connectivity index (χ2n) is 12.6. The van der Waals surface area contributed by atoms with E-state index in [9.17, 15) is 9.90 Å². The summed E-state index contributed by atoms with van der Waals surface area (Å²) >= 11 is 0. The van der Waals surface area contributed by atoms with E-state index in [0.29, 0.717) is 24.5 Å². The van der Waals surface area contributed by atoms with Crippen LogP contribution in [0, 0.1) is 0 Å². The summed E-state index contributed by atoms with van der Waals surface area (Å²) in [6, 6.07) is 47.5. The summed E-state index contributed by atoms with van der Waals surface area (Å²) in [5.74, 6) is 0.862. The average Bonchev–Trinajstić information content (AvgIpc) is 3.84. The lowest BCUT2D eigenvalue weighted by atomic mass is 9.77. The average molecular weight is 689 g/mol. The summed E-state index contributed by atoms with van der Waals surface area (Å²) in [4.78, 5) is 17.5. The maximum Gasteiger partial charge on any atom is 0.356 e. The van der Waals surface area contributed by atoms with Gasteiger partial charge in [0.2, 0.25) is 0 Å². The highest BCUT2D eigenvalue weighted by molar-refractivity contribution is 5.89. The number of unbranched alkanes of at least 4 members (excludes halogenated alkanes) is 1. The van der Waals surface area contributed by atoms with Gasteiger partial charge in [-0.1, -0.05) is 153 Å². The van der Waals surface area contributed by atoms with Gasteiger partial charge in [0.1, 0.15) is 11.4 Å². The minimum Gasteiger partial charge on any atom is -0.464 e. The molecule has 260 valence electrons. The summed E-state index contributed by atoms with van der Waals surface area (Å²) in [5, 5.41) is 23.8. The molecule has 9 heteroatoms. The Morgan fingerprint density at radius 3 is 1.85 bits per heavy atom. The van der Waals surface area contributed by atoms with Gasteiger partial charge in [0.15, 0.2) is 11.5 Å². The number of aliphatic hydroxyl groups is 1. The number of benzene rings is 5. The molecule has 2 aromatic heterocycles. The molecule has 0 radical (unpaired) electrons. The number of rotatable bonds is 13. The third kappa shape index (κ3) is 6.31. The number of methoxy groups -OCH3 is 1. The standard InChI is InChI=1S/C43H40N6O3/c1-3-4-24-39-44-38(30-50)40(42(51)52-2)48(39)29-31-25-27-32(28-26-31)36-22-14-15-23-37(36)41-45-46-47-49(41)43(33-16-8-5-9-17-33,34-18-10-6-11-19-34)35-20-12-7-13-21-35/h5-23,25-28,50H,3-4,24,29-30H2,1-2H3. The largest absolute Gasteiger partial charge is 0.464 e. The fourth-order valence-corrected chi connectivity index (χ4v) is 7.07. The Morgan fingerprint density at radius 1 is 0.750 bits per heavy atom. The Kier molecular flexibility index (Phi) is 10.1. The van der Waals surface area contributed by atoms with Crippen molar-refractivity contribution in [1.82, 2.24) is 29.8 Å². The summed E-state index contributed by atoms with van der Waals surface area (Å²) < 4.78 is 8.91. The number of hydrogen-bond acceptors (Lipinski definition) is 7. The van der Waals surface area contributed by atoms with Crippen LogP contribution in [0.1, 0.15) is 64.0 Å². The molecule has 7 aromatic rings. The van der Waals surface area contributed by atoms with Gasteiger partial charge < -0.3 is 14.4 Å². The molecule has 0 atom stereocenters. The third-order valence-corrected chi connectivity index (χ3v) is 9.54. The van der Waals surface area contributed by atoms with E-state index in [1.165, 1.54) is 7.11 Å². The van der Waals surface area contributed by atoms with Gasteiger partial charge >= 0.3 is 5.97 Å². The van der Waals surface area contributed by atoms with Crippen LogP contribution in [0.3, 0.4) is 0 Å². The molecule has 2 heterocycles. The van der Waals surface area contributed by atoms with Crippen LogP contribution in [-0.4, -0.2) is 47.9 Å². The molecule has 0 aliphatic rings. The van der Waals surface area contributed by atoms with E-state index in [1.54, 1.807) is 0 Å². The molecule has 5 aromatic carbocycles. The van der Waals surface area contributed by atoms with Crippen LogP contribution in [0.5, 0.6) is 0 Å². The number of esters is 1. The predicted molar refractivity (Wildman–Crippen MR) is 200 cm³/mol. The van der Waals surface area contributed by atoms with Crippen molar-refractivity contribution in [1.29, 1.82) is 0 Å². The van der Waals surface area contributed by atoms with Crippen LogP contribution in [0.15, 0.2) is 140 Å². The van der Waals surface area contributed by atoms with Crippen molar-refractivity contribution < 1.29 is 14.6 Å². The van der Waals surface area contributed by atoms with Gasteiger partial charge in [-0.2, -0.15) is 0 Å². The number of carbonyl (C=O) groups excluding carboxylic acids is 1. The molecule has 0 fully saturated rings. The molecule has 0 unspecified atom stereocenters. The number of aryl methyl sites for hydroxylation is 1. The number of hydrogen-bond donors (Lipinski definition) is 1. The highest BCUT2D eigenvalue weighted by Gasteiger charge is 2.42. The number of tetrazole rings is 1. The quantitative estimate of drug-likeness (QED) is 0.0977. The van der Waals surface area contributed by atoms with Gasteiger partial charge in [-0.05, 0) is 50.2 Å². The smallest absolute Gasteiger partial charge is 0.356 e. The number of ether oxygens (including phenoxy) is 1. The fraction of sp³-hybridized carbons (Fsp3) is 0.186. The van der Waals surface area contributed by atoms with E-state index < -0.39 is 11.5 Å². The maximum atomic E-state index is 12.8. The fourth-order valence-electron chi connectivity index (χ4n) is 7.07. The monoisotopic (exact) mass is 688 g/mol. The van der Waals surface area contributed by atoms with Crippen LogP contribution in [-0.2, 0) is 29.8 Å². The normalized spacial score (nSPS) is 11.4. The molecule has 9 nitrogen and oxygen atoms in total. The predicted octanol–water partition coefficient (Wildman–Crippen LogP) is 7.71. The number of aromatic nitrogens is 6. The molecule has 52 heavy (non-hydrogen) atoms. The second kappa shape index (κ2) is 15.4. The molecule has 0 aliphatic heterocycles. The van der Waals surface area contributed by atoms with Gasteiger partial charge in [0.05, 0.1) is 19.4 Å². The van der Waals surface area contributed by atoms with Crippen LogP contribution in [0.25, 0.3) is 22.5 Å². The molecule has 0 spiro atoms. The topological polar surface area (TPSA) is 108 Å². The van der Waals surface area contributed by atoms with Crippen LogP contribution >= 0.6 is 0 Å². The van der Waals surface area contributed by atoms with E-state index in [4.69, 9.17) is 15.0 Å². The minimum absolute atomic E-state index is 0.288. The summed E-state index contributed by atoms with van der Waals surface area (Å²) in [6.07, 6.45) is 2.59. The summed E-state index contributed by atoms with van der Waals surface area (Å²) in [6.45, 7) is 2.18. The zero-order valence-electron chi connectivity index (χ0n) is 29.3. The molecule has 0 amide bonds. The molecule has 0 saturated carbocycles. The third-order valence-electron chi connectivity index (χ3n) is 9.54. The Morgan fingerprint density at radius 2 is 1.31 bits per heavy atom. The molecule has 1 N–H and O–H groups in total. The van der Waals surface area contributed by atoms with E-state index in [0.717, 1.165) is 57.6 Å². The lowest BCUT2D eigenvalue weighted by Gasteiger charge is -2.36. The highest BCUT2D eigenvalue weighted by Crippen LogP contribution is 2.43. The Bertz CT molecular complexity index is 2150. The first kappa shape index (κ1) is 34.3. The highest BCUT2D eigenvalue weighted by atomic mass is 16.5. The molecule has 0 bridgehead atoms. The van der Waals surface area contributed by atoms with Gasteiger partial charge in [-0.3, -0.25) is 0 Å². The SMILES string of the molecule is CCCCc1nc(CO)c(C(=O)OC)n1Cc1ccc(-c2ccccc2-c2nnnn2C(c2ccccc2)(c2ccccc2)c2ccccc2)cc1. The Labute approximate surface area is 303 Å². The van der Waals surface area contributed by atoms with Crippen molar-refractivity contribution in [2.24, 2.45) is 0 Å². The Balaban J connectivity index is 1.33. The van der Waals surface area contributed by atoms with E-state index in [1.807, 2.05) is 76.0 Å². The lowest BCUT2D eigenvalue weighted by molar-refractivity contribution is 0.0584. The van der Waals surface area contributed by atoms with Crippen molar-refractivity contribution in [3.05, 3.63) is 179 Å². The number of nitrogens with zero attached hydrogens (tertiary/aromatic N) is 6. The molecule has 7 rings (SSSR count). The van der Waals surface area contributed by atoms with Crippen LogP contribution in [0.2, 0.25) is 0 Å². The number of imidazole rings is 1. The Hall–Kier alpha value is -6.19. The van der Waals surface area contributed by atoms with Crippen molar-refractivity contribution in [2.75, 3.05) is 7.11 Å². The van der Waals surface area contributed by atoms with Crippen LogP contribution < -0.4 is 0 Å². The van der Waals surface area contributed by atoms with E-state index in [-0.39, 0.29) is 12.3 Å². The van der Waals surface area contributed by atoms with Crippen molar-refractivity contribution in [3.63, 3.8) is 0 Å². The molecule has 0 aliphatic carbocycles. The zero-order valence-corrected chi connectivity index (χ0v) is 29.3. The maximum absolute atomic E-state index is 12.8. The van der Waals surface area contributed by atoms with Crippen LogP contribution in [0.4, 0.5) is 0 Å². The summed E-state index contributed by atoms with van der Waals surface area (Å²) in [7, 11) is 1.35. The molecule has 0 saturated heterocycles. The van der Waals surface area contributed by atoms with Crippen molar-refractivity contribution in [3.8, 4) is 22.5 Å². The van der Waals surface area contributed by atoms with Gasteiger partial charge in [-0.15, -0.1) is 5.10 Å². The summed E-state index contributed by atoms with van der Waals surface area (Å²) in [5.41, 5.74) is 6.62. The van der Waals surface area contributed by atoms with Gasteiger partial charge in [-0.25, -0.2) is 14.5 Å². The van der Waals surface area contributed by atoms with Crippen molar-refractivity contribution in [2.45, 2.75) is 44.9 Å². The second-order valence-corrected chi connectivity index (χ2v) is 12.6. The van der Waals surface area contributed by atoms with Crippen molar-refractivity contribution >= 4 is 5.97 Å². The first-order valence-corrected chi connectivity index (χ1v) is 17.5. The molecular formula is C43H40N6O3. The first-order chi connectivity index (χ1) is 25.6. The minimum atomic E-state index is -0.884. The molecular weight excluding hydrogens is 649 g/mol.